The van der Waals surface area contributed by atoms with E-state index in [4.69, 9.17) is 11.6 Å². The molecule has 0 unspecified atom stereocenters. The summed E-state index contributed by atoms with van der Waals surface area (Å²) in [6.45, 7) is 0.700. The number of alkyl halides is 4. The third kappa shape index (κ3) is 7.76. The van der Waals surface area contributed by atoms with Gasteiger partial charge in [-0.1, -0.05) is 6.92 Å². The van der Waals surface area contributed by atoms with Gasteiger partial charge in [-0.15, -0.1) is 11.6 Å². The third-order valence-corrected chi connectivity index (χ3v) is 1.86. The summed E-state index contributed by atoms with van der Waals surface area (Å²) in [5.41, 5.74) is 0. The maximum absolute atomic E-state index is 11.7. The third-order valence-electron chi connectivity index (χ3n) is 1.69. The molecule has 0 bridgehead atoms. The molecule has 0 aromatic rings. The largest absolute Gasteiger partial charge is 0.411 e. The summed E-state index contributed by atoms with van der Waals surface area (Å²) in [4.78, 5) is 12.8. The van der Waals surface area contributed by atoms with Crippen molar-refractivity contribution >= 4 is 17.5 Å². The number of rotatable bonds is 7. The molecular formula is C9H15ClF3NO2. The lowest BCUT2D eigenvalue weighted by molar-refractivity contribution is -0.177. The molecule has 0 aromatic carbocycles. The lowest BCUT2D eigenvalue weighted by Gasteiger charge is -2.20. The molecule has 0 aliphatic carbocycles. The Bertz CT molecular complexity index is 205. The summed E-state index contributed by atoms with van der Waals surface area (Å²) in [7, 11) is 0. The van der Waals surface area contributed by atoms with Crippen LogP contribution in [-0.2, 0) is 9.53 Å². The number of hydrogen-bond acceptors (Lipinski definition) is 2. The van der Waals surface area contributed by atoms with Gasteiger partial charge in [-0.05, 0) is 6.42 Å². The number of halogens is 4. The maximum atomic E-state index is 11.7. The van der Waals surface area contributed by atoms with Crippen LogP contribution in [0.3, 0.4) is 0 Å². The van der Waals surface area contributed by atoms with Crippen molar-refractivity contribution in [3.8, 4) is 0 Å². The first-order valence-corrected chi connectivity index (χ1v) is 5.42. The van der Waals surface area contributed by atoms with Gasteiger partial charge >= 0.3 is 6.18 Å². The van der Waals surface area contributed by atoms with Gasteiger partial charge in [-0.25, -0.2) is 0 Å². The first-order chi connectivity index (χ1) is 7.40. The van der Waals surface area contributed by atoms with Gasteiger partial charge in [-0.3, -0.25) is 4.79 Å². The predicted molar refractivity (Wildman–Crippen MR) is 54.5 cm³/mol. The predicted octanol–water partition coefficient (Wildman–Crippen LogP) is 2.04. The van der Waals surface area contributed by atoms with Crippen molar-refractivity contribution in [3.63, 3.8) is 0 Å². The monoisotopic (exact) mass is 261 g/mol. The fourth-order valence-electron chi connectivity index (χ4n) is 1.08. The Kier molecular flexibility index (Phi) is 7.49. The average Bonchev–Trinajstić information content (AvgIpc) is 2.15. The second-order valence-corrected chi connectivity index (χ2v) is 3.56. The zero-order chi connectivity index (χ0) is 12.6. The molecule has 0 saturated carbocycles. The minimum atomic E-state index is -4.40. The van der Waals surface area contributed by atoms with E-state index in [1.54, 1.807) is 0 Å². The molecule has 0 heterocycles. The van der Waals surface area contributed by atoms with Gasteiger partial charge in [0.1, 0.15) is 13.2 Å². The van der Waals surface area contributed by atoms with Crippen LogP contribution in [0.15, 0.2) is 0 Å². The van der Waals surface area contributed by atoms with E-state index in [-0.39, 0.29) is 5.88 Å². The Hall–Kier alpha value is -0.490. The molecule has 0 N–H and O–H groups in total. The van der Waals surface area contributed by atoms with E-state index in [2.05, 4.69) is 4.74 Å². The topological polar surface area (TPSA) is 29.5 Å². The van der Waals surface area contributed by atoms with Crippen LogP contribution >= 0.6 is 11.6 Å². The summed E-state index contributed by atoms with van der Waals surface area (Å²) < 4.78 is 39.5. The Labute approximate surface area is 97.5 Å². The molecule has 0 spiro atoms. The van der Waals surface area contributed by atoms with Crippen molar-refractivity contribution in [3.05, 3.63) is 0 Å². The van der Waals surface area contributed by atoms with Gasteiger partial charge in [0.2, 0.25) is 5.91 Å². The van der Waals surface area contributed by atoms with E-state index in [9.17, 15) is 18.0 Å². The summed E-state index contributed by atoms with van der Waals surface area (Å²) in [6, 6.07) is 0. The van der Waals surface area contributed by atoms with Crippen molar-refractivity contribution in [1.29, 1.82) is 0 Å². The van der Waals surface area contributed by atoms with E-state index in [1.165, 1.54) is 4.90 Å². The van der Waals surface area contributed by atoms with Crippen molar-refractivity contribution in [1.82, 2.24) is 4.90 Å². The normalized spacial score (nSPS) is 11.6. The molecule has 0 saturated heterocycles. The Morgan fingerprint density at radius 3 is 2.44 bits per heavy atom. The Balaban J connectivity index is 3.91. The zero-order valence-electron chi connectivity index (χ0n) is 9.02. The van der Waals surface area contributed by atoms with E-state index < -0.39 is 25.3 Å². The molecule has 0 radical (unpaired) electrons. The van der Waals surface area contributed by atoms with Crippen molar-refractivity contribution in [2.45, 2.75) is 19.5 Å². The number of carbonyl (C=O) groups is 1. The molecule has 0 rings (SSSR count). The molecule has 0 aliphatic rings. The minimum Gasteiger partial charge on any atom is -0.362 e. The smallest absolute Gasteiger partial charge is 0.362 e. The standard InChI is InChI=1S/C9H15ClF3NO2/c1-2-4-14(5-3-10)8(15)6-16-7-9(11,12)13/h2-7H2,1H3. The SMILES string of the molecule is CCCN(CCCl)C(=O)COCC(F)(F)F. The molecule has 96 valence electrons. The molecule has 1 amide bonds. The molecule has 7 heteroatoms. The van der Waals surface area contributed by atoms with E-state index in [0.29, 0.717) is 13.1 Å². The Morgan fingerprint density at radius 2 is 2.00 bits per heavy atom. The highest BCUT2D eigenvalue weighted by molar-refractivity contribution is 6.18. The number of nitrogens with zero attached hydrogens (tertiary/aromatic N) is 1. The van der Waals surface area contributed by atoms with Gasteiger partial charge < -0.3 is 9.64 Å². The minimum absolute atomic E-state index is 0.255. The first kappa shape index (κ1) is 15.5. The number of hydrogen-bond donors (Lipinski definition) is 0. The quantitative estimate of drug-likeness (QED) is 0.657. The van der Waals surface area contributed by atoms with E-state index >= 15 is 0 Å². The number of carbonyl (C=O) groups excluding carboxylic acids is 1. The van der Waals surface area contributed by atoms with Crippen LogP contribution in [-0.4, -0.2) is 49.2 Å². The van der Waals surface area contributed by atoms with Crippen molar-refractivity contribution in [2.75, 3.05) is 32.2 Å². The molecule has 0 aromatic heterocycles. The van der Waals surface area contributed by atoms with Crippen LogP contribution in [0.2, 0.25) is 0 Å². The Morgan fingerprint density at radius 1 is 1.38 bits per heavy atom. The molecule has 0 fully saturated rings. The van der Waals surface area contributed by atoms with Crippen molar-refractivity contribution in [2.24, 2.45) is 0 Å². The van der Waals surface area contributed by atoms with Crippen LogP contribution in [0.5, 0.6) is 0 Å². The van der Waals surface area contributed by atoms with Crippen molar-refractivity contribution < 1.29 is 22.7 Å². The van der Waals surface area contributed by atoms with Gasteiger partial charge in [0.15, 0.2) is 0 Å². The number of amides is 1. The lowest BCUT2D eigenvalue weighted by Crippen LogP contribution is -2.37. The second kappa shape index (κ2) is 7.73. The maximum Gasteiger partial charge on any atom is 0.411 e. The lowest BCUT2D eigenvalue weighted by atomic mass is 10.4. The highest BCUT2D eigenvalue weighted by Crippen LogP contribution is 2.14. The average molecular weight is 262 g/mol. The summed E-state index contributed by atoms with van der Waals surface area (Å²) in [6.07, 6.45) is -3.68. The second-order valence-electron chi connectivity index (χ2n) is 3.18. The van der Waals surface area contributed by atoms with Crippen LogP contribution < -0.4 is 0 Å². The highest BCUT2D eigenvalue weighted by Gasteiger charge is 2.28. The van der Waals surface area contributed by atoms with E-state index in [1.807, 2.05) is 6.92 Å². The van der Waals surface area contributed by atoms with Gasteiger partial charge in [0.05, 0.1) is 0 Å². The molecule has 0 aliphatic heterocycles. The fourth-order valence-corrected chi connectivity index (χ4v) is 1.28. The molecule has 16 heavy (non-hydrogen) atoms. The number of ether oxygens (including phenoxy) is 1. The zero-order valence-corrected chi connectivity index (χ0v) is 9.77. The van der Waals surface area contributed by atoms with Crippen LogP contribution in [0, 0.1) is 0 Å². The molecular weight excluding hydrogens is 247 g/mol. The summed E-state index contributed by atoms with van der Waals surface area (Å²) in [5, 5.41) is 0. The fraction of sp³-hybridized carbons (Fsp3) is 0.889. The molecule has 0 atom stereocenters. The first-order valence-electron chi connectivity index (χ1n) is 4.89. The van der Waals surface area contributed by atoms with Gasteiger partial charge in [-0.2, -0.15) is 13.2 Å². The van der Waals surface area contributed by atoms with E-state index in [0.717, 1.165) is 6.42 Å². The molecule has 3 nitrogen and oxygen atoms in total. The van der Waals surface area contributed by atoms with Gasteiger partial charge in [0, 0.05) is 19.0 Å². The van der Waals surface area contributed by atoms with Crippen LogP contribution in [0.25, 0.3) is 0 Å². The van der Waals surface area contributed by atoms with Crippen LogP contribution in [0.1, 0.15) is 13.3 Å². The van der Waals surface area contributed by atoms with Crippen LogP contribution in [0.4, 0.5) is 13.2 Å². The highest BCUT2D eigenvalue weighted by atomic mass is 35.5. The summed E-state index contributed by atoms with van der Waals surface area (Å²) >= 11 is 5.47. The van der Waals surface area contributed by atoms with Gasteiger partial charge in [0.25, 0.3) is 0 Å². The summed E-state index contributed by atoms with van der Waals surface area (Å²) in [5.74, 6) is -0.211.